The van der Waals surface area contributed by atoms with Crippen molar-refractivity contribution < 1.29 is 4.79 Å². The van der Waals surface area contributed by atoms with Crippen molar-refractivity contribution in [1.82, 2.24) is 5.32 Å². The van der Waals surface area contributed by atoms with Gasteiger partial charge in [0.2, 0.25) is 0 Å². The number of thiophene rings is 1. The molecule has 2 N–H and O–H groups in total. The first-order chi connectivity index (χ1) is 9.04. The molecular formula is C13H12Cl2N2OS. The predicted molar refractivity (Wildman–Crippen MR) is 81.4 cm³/mol. The van der Waals surface area contributed by atoms with Gasteiger partial charge in [-0.25, -0.2) is 4.79 Å². The van der Waals surface area contributed by atoms with E-state index >= 15 is 0 Å². The maximum absolute atomic E-state index is 11.8. The van der Waals surface area contributed by atoms with Gasteiger partial charge in [0.15, 0.2) is 0 Å². The Hall–Kier alpha value is -1.23. The van der Waals surface area contributed by atoms with Gasteiger partial charge in [-0.1, -0.05) is 23.2 Å². The average Bonchev–Trinajstić information content (AvgIpc) is 2.79. The summed E-state index contributed by atoms with van der Waals surface area (Å²) in [6, 6.07) is 10.3. The number of anilines is 1. The van der Waals surface area contributed by atoms with Gasteiger partial charge in [-0.2, -0.15) is 0 Å². The van der Waals surface area contributed by atoms with E-state index in [-0.39, 0.29) is 12.1 Å². The summed E-state index contributed by atoms with van der Waals surface area (Å²) in [4.78, 5) is 12.8. The van der Waals surface area contributed by atoms with Crippen LogP contribution in [0.25, 0.3) is 0 Å². The number of benzene rings is 1. The molecule has 1 heterocycles. The third kappa shape index (κ3) is 4.13. The summed E-state index contributed by atoms with van der Waals surface area (Å²) in [5.74, 6) is 0. The molecule has 0 fully saturated rings. The van der Waals surface area contributed by atoms with E-state index in [2.05, 4.69) is 10.6 Å². The van der Waals surface area contributed by atoms with Crippen LogP contribution in [0.4, 0.5) is 10.5 Å². The molecule has 0 bridgehead atoms. The zero-order chi connectivity index (χ0) is 13.8. The molecule has 2 aromatic rings. The fraction of sp³-hybridized carbons (Fsp3) is 0.154. The molecule has 19 heavy (non-hydrogen) atoms. The van der Waals surface area contributed by atoms with Crippen molar-refractivity contribution in [2.45, 2.75) is 13.0 Å². The van der Waals surface area contributed by atoms with Crippen LogP contribution in [0.3, 0.4) is 0 Å². The Morgan fingerprint density at radius 2 is 1.84 bits per heavy atom. The lowest BCUT2D eigenvalue weighted by Crippen LogP contribution is -2.30. The highest BCUT2D eigenvalue weighted by molar-refractivity contribution is 7.16. The molecule has 0 aliphatic carbocycles. The highest BCUT2D eigenvalue weighted by Gasteiger charge is 2.11. The molecule has 1 atom stereocenters. The van der Waals surface area contributed by atoms with Gasteiger partial charge in [-0.15, -0.1) is 11.3 Å². The van der Waals surface area contributed by atoms with Crippen molar-refractivity contribution in [3.05, 3.63) is 50.6 Å². The van der Waals surface area contributed by atoms with Gasteiger partial charge in [0, 0.05) is 15.6 Å². The minimum atomic E-state index is -0.264. The zero-order valence-electron chi connectivity index (χ0n) is 10.1. The number of carbonyl (C=O) groups is 1. The van der Waals surface area contributed by atoms with Crippen molar-refractivity contribution in [2.75, 3.05) is 5.32 Å². The fourth-order valence-corrected chi connectivity index (χ4v) is 2.72. The van der Waals surface area contributed by atoms with Crippen molar-refractivity contribution in [3.8, 4) is 0 Å². The number of nitrogens with one attached hydrogen (secondary N) is 2. The Morgan fingerprint density at radius 1 is 1.16 bits per heavy atom. The first kappa shape index (κ1) is 14.2. The topological polar surface area (TPSA) is 41.1 Å². The Kier molecular flexibility index (Phi) is 4.69. The van der Waals surface area contributed by atoms with E-state index in [0.29, 0.717) is 15.0 Å². The first-order valence-corrected chi connectivity index (χ1v) is 7.20. The average molecular weight is 315 g/mol. The van der Waals surface area contributed by atoms with Crippen LogP contribution in [0.15, 0.2) is 36.4 Å². The lowest BCUT2D eigenvalue weighted by Gasteiger charge is -2.13. The zero-order valence-corrected chi connectivity index (χ0v) is 12.4. The number of urea groups is 1. The number of carbonyl (C=O) groups excluding carboxylic acids is 1. The van der Waals surface area contributed by atoms with Crippen LogP contribution >= 0.6 is 34.5 Å². The summed E-state index contributed by atoms with van der Waals surface area (Å²) in [5.41, 5.74) is 0.693. The summed E-state index contributed by atoms with van der Waals surface area (Å²) >= 11 is 13.1. The molecule has 0 saturated heterocycles. The molecule has 0 spiro atoms. The third-order valence-corrected chi connectivity index (χ3v) is 4.14. The number of halogens is 2. The van der Waals surface area contributed by atoms with Gasteiger partial charge in [0.1, 0.15) is 0 Å². The minimum Gasteiger partial charge on any atom is -0.331 e. The van der Waals surface area contributed by atoms with Crippen molar-refractivity contribution in [1.29, 1.82) is 0 Å². The third-order valence-electron chi connectivity index (χ3n) is 2.47. The van der Waals surface area contributed by atoms with Crippen molar-refractivity contribution >= 4 is 46.3 Å². The van der Waals surface area contributed by atoms with Gasteiger partial charge in [0.25, 0.3) is 0 Å². The van der Waals surface area contributed by atoms with E-state index in [0.717, 1.165) is 4.88 Å². The molecule has 6 heteroatoms. The summed E-state index contributed by atoms with van der Waals surface area (Å²) in [5, 5.41) is 6.21. The summed E-state index contributed by atoms with van der Waals surface area (Å²) in [7, 11) is 0. The summed E-state index contributed by atoms with van der Waals surface area (Å²) < 4.78 is 0.710. The maximum atomic E-state index is 11.8. The van der Waals surface area contributed by atoms with E-state index in [1.807, 2.05) is 19.1 Å². The summed E-state index contributed by atoms with van der Waals surface area (Å²) in [6.07, 6.45) is 0. The quantitative estimate of drug-likeness (QED) is 0.828. The van der Waals surface area contributed by atoms with Gasteiger partial charge in [-0.3, -0.25) is 0 Å². The number of rotatable bonds is 3. The largest absolute Gasteiger partial charge is 0.331 e. The lowest BCUT2D eigenvalue weighted by atomic mass is 10.3. The second-order valence-corrected chi connectivity index (χ2v) is 6.15. The molecule has 0 aliphatic heterocycles. The molecule has 0 saturated carbocycles. The molecule has 3 nitrogen and oxygen atoms in total. The van der Waals surface area contributed by atoms with Crippen LogP contribution in [0.2, 0.25) is 9.36 Å². The second-order valence-electron chi connectivity index (χ2n) is 3.97. The molecule has 100 valence electrons. The van der Waals surface area contributed by atoms with Crippen LogP contribution in [0.1, 0.15) is 17.8 Å². The fourth-order valence-electron chi connectivity index (χ4n) is 1.53. The van der Waals surface area contributed by atoms with Crippen LogP contribution in [0.5, 0.6) is 0 Å². The standard InChI is InChI=1S/C13H12Cl2N2OS/c1-8(11-6-7-12(15)19-11)16-13(18)17-10-4-2-9(14)3-5-10/h2-8H,1H3,(H2,16,17,18). The highest BCUT2D eigenvalue weighted by Crippen LogP contribution is 2.26. The molecule has 0 radical (unpaired) electrons. The van der Waals surface area contributed by atoms with Crippen LogP contribution in [-0.4, -0.2) is 6.03 Å². The Balaban J connectivity index is 1.92. The SMILES string of the molecule is CC(NC(=O)Nc1ccc(Cl)cc1)c1ccc(Cl)s1. The van der Waals surface area contributed by atoms with Crippen LogP contribution in [-0.2, 0) is 0 Å². The summed E-state index contributed by atoms with van der Waals surface area (Å²) in [6.45, 7) is 1.91. The first-order valence-electron chi connectivity index (χ1n) is 5.63. The van der Waals surface area contributed by atoms with Gasteiger partial charge in [0.05, 0.1) is 10.4 Å². The molecule has 2 rings (SSSR count). The van der Waals surface area contributed by atoms with E-state index in [1.54, 1.807) is 24.3 Å². The number of hydrogen-bond acceptors (Lipinski definition) is 2. The maximum Gasteiger partial charge on any atom is 0.319 e. The Morgan fingerprint density at radius 3 is 2.42 bits per heavy atom. The molecule has 1 unspecified atom stereocenters. The molecule has 1 aromatic carbocycles. The van der Waals surface area contributed by atoms with E-state index in [4.69, 9.17) is 23.2 Å². The van der Waals surface area contributed by atoms with Crippen molar-refractivity contribution in [3.63, 3.8) is 0 Å². The van der Waals surface area contributed by atoms with Gasteiger partial charge < -0.3 is 10.6 Å². The van der Waals surface area contributed by atoms with Crippen LogP contribution in [0, 0.1) is 0 Å². The normalized spacial score (nSPS) is 11.9. The smallest absolute Gasteiger partial charge is 0.319 e. The predicted octanol–water partition coefficient (Wildman–Crippen LogP) is 4.94. The van der Waals surface area contributed by atoms with E-state index < -0.39 is 0 Å². The van der Waals surface area contributed by atoms with Crippen molar-refractivity contribution in [2.24, 2.45) is 0 Å². The minimum absolute atomic E-state index is 0.0928. The lowest BCUT2D eigenvalue weighted by molar-refractivity contribution is 0.249. The molecular weight excluding hydrogens is 303 g/mol. The molecule has 0 aliphatic rings. The Labute approximate surface area is 125 Å². The monoisotopic (exact) mass is 314 g/mol. The van der Waals surface area contributed by atoms with Gasteiger partial charge >= 0.3 is 6.03 Å². The highest BCUT2D eigenvalue weighted by atomic mass is 35.5. The van der Waals surface area contributed by atoms with E-state index in [1.165, 1.54) is 11.3 Å². The van der Waals surface area contributed by atoms with E-state index in [9.17, 15) is 4.79 Å². The number of hydrogen-bond donors (Lipinski definition) is 2. The van der Waals surface area contributed by atoms with Crippen LogP contribution < -0.4 is 10.6 Å². The molecule has 1 aromatic heterocycles. The number of amides is 2. The Bertz CT molecular complexity index is 568. The second kappa shape index (κ2) is 6.28. The molecule has 2 amide bonds. The van der Waals surface area contributed by atoms with Gasteiger partial charge in [-0.05, 0) is 43.3 Å².